The number of nitrogens with one attached hydrogen (secondary N) is 2. The molecule has 0 radical (unpaired) electrons. The Labute approximate surface area is 89.6 Å². The number of methoxy groups -OCH3 is 1. The summed E-state index contributed by atoms with van der Waals surface area (Å²) in [5, 5.41) is 6.09. The summed E-state index contributed by atoms with van der Waals surface area (Å²) in [6, 6.07) is 0.0218. The van der Waals surface area contributed by atoms with Gasteiger partial charge in [-0.05, 0) is 6.92 Å². The van der Waals surface area contributed by atoms with Crippen molar-refractivity contribution in [2.24, 2.45) is 0 Å². The number of carbonyl (C=O) groups excluding carboxylic acids is 1. The van der Waals surface area contributed by atoms with Crippen LogP contribution in [-0.4, -0.2) is 38.8 Å². The van der Waals surface area contributed by atoms with Gasteiger partial charge in [-0.2, -0.15) is 0 Å². The number of halogens is 1. The highest BCUT2D eigenvalue weighted by Crippen LogP contribution is 1.91. The van der Waals surface area contributed by atoms with Crippen molar-refractivity contribution in [3.8, 4) is 0 Å². The van der Waals surface area contributed by atoms with Crippen LogP contribution in [0.2, 0.25) is 0 Å². The molecule has 1 unspecified atom stereocenters. The minimum Gasteiger partial charge on any atom is -0.383 e. The third-order valence-electron chi connectivity index (χ3n) is 1.43. The molecule has 0 aliphatic rings. The van der Waals surface area contributed by atoms with E-state index in [4.69, 9.17) is 16.3 Å². The minimum atomic E-state index is -0.0764. The number of ether oxygens (including phenoxy) is 1. The van der Waals surface area contributed by atoms with Gasteiger partial charge in [-0.25, -0.2) is 0 Å². The summed E-state index contributed by atoms with van der Waals surface area (Å²) < 4.78 is 4.88. The smallest absolute Gasteiger partial charge is 0.234 e. The molecule has 82 valence electrons. The number of carbonyl (C=O) groups is 1. The Morgan fingerprint density at radius 3 is 2.71 bits per heavy atom. The molecule has 0 heterocycles. The van der Waals surface area contributed by atoms with Gasteiger partial charge in [0.05, 0.1) is 13.2 Å². The van der Waals surface area contributed by atoms with Gasteiger partial charge in [0, 0.05) is 24.7 Å². The van der Waals surface area contributed by atoms with Crippen LogP contribution in [0.5, 0.6) is 0 Å². The third kappa shape index (κ3) is 8.04. The zero-order valence-corrected chi connectivity index (χ0v) is 9.36. The maximum Gasteiger partial charge on any atom is 0.234 e. The van der Waals surface area contributed by atoms with Crippen molar-refractivity contribution in [3.05, 3.63) is 11.6 Å². The first-order valence-corrected chi connectivity index (χ1v) is 4.76. The quantitative estimate of drug-likeness (QED) is 0.656. The van der Waals surface area contributed by atoms with Crippen LogP contribution in [0.4, 0.5) is 0 Å². The van der Waals surface area contributed by atoms with Crippen LogP contribution >= 0.6 is 11.6 Å². The molecular weight excluding hydrogens is 204 g/mol. The predicted molar refractivity (Wildman–Crippen MR) is 57.3 cm³/mol. The molecule has 0 aromatic heterocycles. The Bertz CT molecular complexity index is 197. The van der Waals surface area contributed by atoms with E-state index < -0.39 is 0 Å². The lowest BCUT2D eigenvalue weighted by Crippen LogP contribution is -2.41. The second kappa shape index (κ2) is 7.79. The topological polar surface area (TPSA) is 50.4 Å². The number of rotatable bonds is 7. The molecule has 0 aromatic rings. The average Bonchev–Trinajstić information content (AvgIpc) is 2.03. The fourth-order valence-corrected chi connectivity index (χ4v) is 1.02. The summed E-state index contributed by atoms with van der Waals surface area (Å²) in [5.41, 5.74) is 0. The lowest BCUT2D eigenvalue weighted by molar-refractivity contribution is -0.121. The van der Waals surface area contributed by atoms with E-state index in [0.29, 0.717) is 18.2 Å². The van der Waals surface area contributed by atoms with E-state index in [-0.39, 0.29) is 18.5 Å². The van der Waals surface area contributed by atoms with Gasteiger partial charge in [0.2, 0.25) is 5.91 Å². The van der Waals surface area contributed by atoms with E-state index in [1.807, 2.05) is 6.92 Å². The van der Waals surface area contributed by atoms with E-state index in [1.165, 1.54) is 0 Å². The van der Waals surface area contributed by atoms with E-state index in [9.17, 15) is 4.79 Å². The van der Waals surface area contributed by atoms with Gasteiger partial charge in [0.25, 0.3) is 0 Å². The molecule has 0 saturated heterocycles. The molecule has 4 nitrogen and oxygen atoms in total. The number of hydrogen-bond donors (Lipinski definition) is 2. The number of hydrogen-bond acceptors (Lipinski definition) is 3. The fourth-order valence-electron chi connectivity index (χ4n) is 0.929. The van der Waals surface area contributed by atoms with Gasteiger partial charge in [-0.1, -0.05) is 18.2 Å². The van der Waals surface area contributed by atoms with Crippen LogP contribution in [0.25, 0.3) is 0 Å². The Hall–Kier alpha value is -0.580. The van der Waals surface area contributed by atoms with Crippen LogP contribution in [0, 0.1) is 0 Å². The van der Waals surface area contributed by atoms with Crippen molar-refractivity contribution in [2.45, 2.75) is 13.0 Å². The molecular formula is C9H17ClN2O2. The zero-order chi connectivity index (χ0) is 11.0. The molecule has 0 rings (SSSR count). The van der Waals surface area contributed by atoms with Gasteiger partial charge in [-0.15, -0.1) is 0 Å². The third-order valence-corrected chi connectivity index (χ3v) is 1.56. The first kappa shape index (κ1) is 13.4. The van der Waals surface area contributed by atoms with E-state index >= 15 is 0 Å². The Morgan fingerprint density at radius 2 is 2.21 bits per heavy atom. The molecule has 0 aliphatic carbocycles. The van der Waals surface area contributed by atoms with Crippen molar-refractivity contribution < 1.29 is 9.53 Å². The van der Waals surface area contributed by atoms with Gasteiger partial charge in [-0.3, -0.25) is 4.79 Å². The van der Waals surface area contributed by atoms with Crippen LogP contribution in [0.15, 0.2) is 11.6 Å². The Kier molecular flexibility index (Phi) is 7.47. The molecule has 0 spiro atoms. The highest BCUT2D eigenvalue weighted by molar-refractivity contribution is 6.29. The lowest BCUT2D eigenvalue weighted by Gasteiger charge is -2.12. The molecule has 5 heteroatoms. The molecule has 1 atom stereocenters. The molecule has 14 heavy (non-hydrogen) atoms. The summed E-state index contributed by atoms with van der Waals surface area (Å²) >= 11 is 5.51. The molecule has 0 bridgehead atoms. The van der Waals surface area contributed by atoms with Crippen molar-refractivity contribution in [3.63, 3.8) is 0 Å². The minimum absolute atomic E-state index is 0.0218. The number of amides is 1. The molecule has 0 fully saturated rings. The summed E-state index contributed by atoms with van der Waals surface area (Å²) in [6.45, 7) is 6.55. The van der Waals surface area contributed by atoms with Crippen LogP contribution < -0.4 is 10.6 Å². The fraction of sp³-hybridized carbons (Fsp3) is 0.667. The van der Waals surface area contributed by atoms with Crippen molar-refractivity contribution in [2.75, 3.05) is 26.8 Å². The van der Waals surface area contributed by atoms with Gasteiger partial charge in [0.1, 0.15) is 0 Å². The first-order chi connectivity index (χ1) is 6.56. The second-order valence-corrected chi connectivity index (χ2v) is 3.58. The maximum atomic E-state index is 11.2. The van der Waals surface area contributed by atoms with Crippen molar-refractivity contribution >= 4 is 17.5 Å². The largest absolute Gasteiger partial charge is 0.383 e. The second-order valence-electron chi connectivity index (χ2n) is 3.04. The molecule has 0 aliphatic heterocycles. The average molecular weight is 221 g/mol. The highest BCUT2D eigenvalue weighted by Gasteiger charge is 2.05. The predicted octanol–water partition coefficient (Wildman–Crippen LogP) is 0.480. The monoisotopic (exact) mass is 220 g/mol. The Morgan fingerprint density at radius 1 is 1.57 bits per heavy atom. The van der Waals surface area contributed by atoms with Crippen LogP contribution in [-0.2, 0) is 9.53 Å². The van der Waals surface area contributed by atoms with E-state index in [0.717, 1.165) is 0 Å². The zero-order valence-electron chi connectivity index (χ0n) is 8.60. The van der Waals surface area contributed by atoms with Gasteiger partial charge < -0.3 is 15.4 Å². The van der Waals surface area contributed by atoms with Crippen molar-refractivity contribution in [1.29, 1.82) is 0 Å². The normalized spacial score (nSPS) is 12.2. The summed E-state index contributed by atoms with van der Waals surface area (Å²) in [7, 11) is 1.60. The Balaban J connectivity index is 3.50. The van der Waals surface area contributed by atoms with Crippen LogP contribution in [0.1, 0.15) is 6.92 Å². The summed E-state index contributed by atoms with van der Waals surface area (Å²) in [5.74, 6) is -0.0764. The van der Waals surface area contributed by atoms with E-state index in [1.54, 1.807) is 7.11 Å². The van der Waals surface area contributed by atoms with Gasteiger partial charge >= 0.3 is 0 Å². The molecule has 0 aromatic carbocycles. The standard InChI is InChI=1S/C9H17ClN2O2/c1-7(10)4-11-5-9(13)12-8(2)6-14-3/h8,11H,1,4-6H2,2-3H3,(H,12,13). The van der Waals surface area contributed by atoms with Crippen molar-refractivity contribution in [1.82, 2.24) is 10.6 Å². The van der Waals surface area contributed by atoms with Gasteiger partial charge in [0.15, 0.2) is 0 Å². The lowest BCUT2D eigenvalue weighted by atomic mass is 10.3. The van der Waals surface area contributed by atoms with E-state index in [2.05, 4.69) is 17.2 Å². The summed E-state index contributed by atoms with van der Waals surface area (Å²) in [6.07, 6.45) is 0. The molecule has 2 N–H and O–H groups in total. The summed E-state index contributed by atoms with van der Waals surface area (Å²) in [4.78, 5) is 11.2. The first-order valence-electron chi connectivity index (χ1n) is 4.38. The SMILES string of the molecule is C=C(Cl)CNCC(=O)NC(C)COC. The van der Waals surface area contributed by atoms with Crippen LogP contribution in [0.3, 0.4) is 0 Å². The molecule has 1 amide bonds. The maximum absolute atomic E-state index is 11.2. The molecule has 0 saturated carbocycles. The highest BCUT2D eigenvalue weighted by atomic mass is 35.5.